The van der Waals surface area contributed by atoms with E-state index < -0.39 is 0 Å². The van der Waals surface area contributed by atoms with Crippen molar-refractivity contribution in [2.75, 3.05) is 0 Å². The van der Waals surface area contributed by atoms with Gasteiger partial charge in [-0.2, -0.15) is 0 Å². The molecule has 1 N–H and O–H groups in total. The van der Waals surface area contributed by atoms with Gasteiger partial charge in [0, 0.05) is 12.1 Å². The van der Waals surface area contributed by atoms with Gasteiger partial charge in [-0.1, -0.05) is 26.8 Å². The van der Waals surface area contributed by atoms with Crippen molar-refractivity contribution in [3.05, 3.63) is 18.4 Å². The lowest BCUT2D eigenvalue weighted by Gasteiger charge is -2.67. The minimum atomic E-state index is -0.0447. The Morgan fingerprint density at radius 3 is 2.60 bits per heavy atom. The number of hydrogen-bond acceptors (Lipinski definition) is 1. The molecule has 1 amide bonds. The Bertz CT molecular complexity index is 332. The zero-order valence-corrected chi connectivity index (χ0v) is 9.60. The van der Waals surface area contributed by atoms with E-state index in [1.807, 2.05) is 0 Å². The van der Waals surface area contributed by atoms with Gasteiger partial charge in [0.25, 0.3) is 5.91 Å². The van der Waals surface area contributed by atoms with Gasteiger partial charge in [0.1, 0.15) is 0 Å². The van der Waals surface area contributed by atoms with Crippen LogP contribution in [0.25, 0.3) is 0 Å². The molecule has 0 aromatic heterocycles. The van der Waals surface area contributed by atoms with Crippen LogP contribution in [0.2, 0.25) is 0 Å². The summed E-state index contributed by atoms with van der Waals surface area (Å²) >= 11 is 0. The summed E-state index contributed by atoms with van der Waals surface area (Å²) in [5.41, 5.74) is 3.31. The Balaban J connectivity index is 2.02. The Kier molecular flexibility index (Phi) is 2.27. The van der Waals surface area contributed by atoms with Crippen molar-refractivity contribution in [2.45, 2.75) is 45.6 Å². The summed E-state index contributed by atoms with van der Waals surface area (Å²) < 4.78 is 0. The van der Waals surface area contributed by atoms with E-state index in [0.717, 1.165) is 6.42 Å². The van der Waals surface area contributed by atoms with Crippen molar-refractivity contribution in [2.24, 2.45) is 10.8 Å². The molecule has 15 heavy (non-hydrogen) atoms. The molecule has 2 aliphatic carbocycles. The molecular weight excluding hydrogens is 186 g/mol. The van der Waals surface area contributed by atoms with E-state index >= 15 is 0 Å². The number of carbonyl (C=O) groups is 1. The van der Waals surface area contributed by atoms with Crippen LogP contribution in [-0.2, 0) is 4.79 Å². The maximum absolute atomic E-state index is 11.4. The largest absolute Gasteiger partial charge is 0.349 e. The van der Waals surface area contributed by atoms with Gasteiger partial charge in [0.2, 0.25) is 0 Å². The van der Waals surface area contributed by atoms with Gasteiger partial charge in [-0.05, 0) is 30.1 Å². The van der Waals surface area contributed by atoms with E-state index in [-0.39, 0.29) is 5.91 Å². The molecule has 2 rings (SSSR count). The van der Waals surface area contributed by atoms with Crippen LogP contribution in [0.5, 0.6) is 0 Å². The highest BCUT2D eigenvalue weighted by Gasteiger charge is 2.62. The maximum atomic E-state index is 11.4. The molecule has 0 bridgehead atoms. The first kappa shape index (κ1) is 10.5. The van der Waals surface area contributed by atoms with Crippen LogP contribution in [0.15, 0.2) is 18.4 Å². The molecule has 2 aliphatic rings. The van der Waals surface area contributed by atoms with Gasteiger partial charge in [-0.25, -0.2) is 0 Å². The summed E-state index contributed by atoms with van der Waals surface area (Å²) in [7, 11) is 0. The lowest BCUT2D eigenvalue weighted by atomic mass is 9.40. The first-order valence-corrected chi connectivity index (χ1v) is 5.68. The molecule has 0 aromatic carbocycles. The van der Waals surface area contributed by atoms with Crippen molar-refractivity contribution in [1.82, 2.24) is 5.32 Å². The molecule has 1 atom stereocenters. The van der Waals surface area contributed by atoms with E-state index in [2.05, 4.69) is 31.5 Å². The second-order valence-corrected chi connectivity index (χ2v) is 5.51. The van der Waals surface area contributed by atoms with Gasteiger partial charge >= 0.3 is 0 Å². The van der Waals surface area contributed by atoms with Crippen LogP contribution >= 0.6 is 0 Å². The van der Waals surface area contributed by atoms with E-state index in [9.17, 15) is 4.79 Å². The first-order chi connectivity index (χ1) is 7.02. The monoisotopic (exact) mass is 205 g/mol. The van der Waals surface area contributed by atoms with Crippen molar-refractivity contribution in [1.29, 1.82) is 0 Å². The molecule has 1 unspecified atom stereocenters. The fourth-order valence-electron chi connectivity index (χ4n) is 3.33. The van der Waals surface area contributed by atoms with E-state index in [1.165, 1.54) is 25.3 Å². The Morgan fingerprint density at radius 1 is 1.53 bits per heavy atom. The molecule has 0 aromatic rings. The summed E-state index contributed by atoms with van der Waals surface area (Å²) in [5.74, 6) is -0.0447. The molecule has 0 heterocycles. The Labute approximate surface area is 91.4 Å². The van der Waals surface area contributed by atoms with Gasteiger partial charge in [-0.3, -0.25) is 4.79 Å². The SMILES string of the molecule is C=C=CC(=O)NC1CC(C)(C)C12CCC2. The smallest absolute Gasteiger partial charge is 0.251 e. The standard InChI is InChI=1S/C13H19NO/c1-4-6-11(15)14-10-9-12(2,3)13(10)7-5-8-13/h6,10H,1,5,7-9H2,2-3H3,(H,14,15). The molecule has 0 radical (unpaired) electrons. The minimum Gasteiger partial charge on any atom is -0.349 e. The third kappa shape index (κ3) is 1.36. The highest BCUT2D eigenvalue weighted by Crippen LogP contribution is 2.66. The van der Waals surface area contributed by atoms with Crippen LogP contribution in [0.4, 0.5) is 0 Å². The minimum absolute atomic E-state index is 0.0447. The van der Waals surface area contributed by atoms with Crippen LogP contribution in [0, 0.1) is 10.8 Å². The fraction of sp³-hybridized carbons (Fsp3) is 0.692. The fourth-order valence-corrected chi connectivity index (χ4v) is 3.33. The molecule has 0 aliphatic heterocycles. The number of hydrogen-bond donors (Lipinski definition) is 1. The quantitative estimate of drug-likeness (QED) is 0.544. The van der Waals surface area contributed by atoms with Gasteiger partial charge in [0.15, 0.2) is 0 Å². The molecule has 82 valence electrons. The summed E-state index contributed by atoms with van der Waals surface area (Å²) in [6, 6.07) is 0.373. The molecule has 2 nitrogen and oxygen atoms in total. The van der Waals surface area contributed by atoms with E-state index in [4.69, 9.17) is 0 Å². The number of carbonyl (C=O) groups excluding carboxylic acids is 1. The number of rotatable bonds is 2. The van der Waals surface area contributed by atoms with Crippen molar-refractivity contribution in [3.8, 4) is 0 Å². The van der Waals surface area contributed by atoms with E-state index in [0.29, 0.717) is 16.9 Å². The summed E-state index contributed by atoms with van der Waals surface area (Å²) in [6.07, 6.45) is 6.33. The van der Waals surface area contributed by atoms with Crippen molar-refractivity contribution >= 4 is 5.91 Å². The summed E-state index contributed by atoms with van der Waals surface area (Å²) in [6.45, 7) is 8.04. The third-order valence-electron chi connectivity index (χ3n) is 4.52. The van der Waals surface area contributed by atoms with Crippen LogP contribution in [0.3, 0.4) is 0 Å². The normalized spacial score (nSPS) is 29.6. The summed E-state index contributed by atoms with van der Waals surface area (Å²) in [4.78, 5) is 11.4. The highest BCUT2D eigenvalue weighted by atomic mass is 16.1. The Hall–Kier alpha value is -1.01. The van der Waals surface area contributed by atoms with Crippen molar-refractivity contribution in [3.63, 3.8) is 0 Å². The first-order valence-electron chi connectivity index (χ1n) is 5.68. The predicted molar refractivity (Wildman–Crippen MR) is 60.3 cm³/mol. The van der Waals surface area contributed by atoms with Crippen molar-refractivity contribution < 1.29 is 4.79 Å². The van der Waals surface area contributed by atoms with E-state index in [1.54, 1.807) is 0 Å². The molecule has 2 fully saturated rings. The lowest BCUT2D eigenvalue weighted by molar-refractivity contribution is -0.156. The Morgan fingerprint density at radius 2 is 2.20 bits per heavy atom. The zero-order chi connectivity index (χ0) is 11.1. The van der Waals surface area contributed by atoms with Gasteiger partial charge < -0.3 is 5.32 Å². The predicted octanol–water partition coefficient (Wildman–Crippen LogP) is 2.41. The average molecular weight is 205 g/mol. The van der Waals surface area contributed by atoms with Gasteiger partial charge in [0.05, 0.1) is 0 Å². The second kappa shape index (κ2) is 3.24. The maximum Gasteiger partial charge on any atom is 0.251 e. The average Bonchev–Trinajstić information content (AvgIpc) is 1.98. The summed E-state index contributed by atoms with van der Waals surface area (Å²) in [5, 5.41) is 3.07. The van der Waals surface area contributed by atoms with Crippen LogP contribution < -0.4 is 5.32 Å². The molecular formula is C13H19NO. The molecule has 1 spiro atoms. The van der Waals surface area contributed by atoms with Crippen LogP contribution in [-0.4, -0.2) is 11.9 Å². The third-order valence-corrected chi connectivity index (χ3v) is 4.52. The highest BCUT2D eigenvalue weighted by molar-refractivity contribution is 5.87. The zero-order valence-electron chi connectivity index (χ0n) is 9.60. The van der Waals surface area contributed by atoms with Gasteiger partial charge in [-0.15, -0.1) is 5.73 Å². The molecule has 2 saturated carbocycles. The molecule has 2 heteroatoms. The van der Waals surface area contributed by atoms with Crippen LogP contribution in [0.1, 0.15) is 39.5 Å². The topological polar surface area (TPSA) is 29.1 Å². The lowest BCUT2D eigenvalue weighted by Crippen LogP contribution is -2.68. The molecule has 0 saturated heterocycles. The number of nitrogens with one attached hydrogen (secondary N) is 1. The second-order valence-electron chi connectivity index (χ2n) is 5.51. The number of amides is 1.